The molecule has 5 aromatic rings. The molecule has 0 fully saturated rings. The predicted molar refractivity (Wildman–Crippen MR) is 156 cm³/mol. The minimum absolute atomic E-state index is 0.0205. The van der Waals surface area contributed by atoms with E-state index in [4.69, 9.17) is 13.9 Å². The number of hydrogen-bond acceptors (Lipinski definition) is 7. The fraction of sp³-hybridized carbons (Fsp3) is 0.200. The molecule has 7 heteroatoms. The molecule has 2 unspecified atom stereocenters. The molecular weight excluding hydrogens is 532 g/mol. The van der Waals surface area contributed by atoms with Gasteiger partial charge in [-0.1, -0.05) is 17.7 Å². The van der Waals surface area contributed by atoms with Crippen LogP contribution in [-0.4, -0.2) is 20.4 Å². The van der Waals surface area contributed by atoms with Gasteiger partial charge < -0.3 is 34.3 Å². The summed E-state index contributed by atoms with van der Waals surface area (Å²) in [6.07, 6.45) is 3.05. The van der Waals surface area contributed by atoms with E-state index in [2.05, 4.69) is 26.0 Å². The highest BCUT2D eigenvalue weighted by Crippen LogP contribution is 2.64. The Kier molecular flexibility index (Phi) is 5.00. The van der Waals surface area contributed by atoms with Crippen LogP contribution >= 0.6 is 0 Å². The van der Waals surface area contributed by atoms with E-state index in [1.165, 1.54) is 17.7 Å². The monoisotopic (exact) mass is 560 g/mol. The van der Waals surface area contributed by atoms with Gasteiger partial charge in [-0.25, -0.2) is 0 Å². The highest BCUT2D eigenvalue weighted by atomic mass is 16.7. The normalized spacial score (nSPS) is 23.7. The zero-order valence-corrected chi connectivity index (χ0v) is 23.0. The molecule has 210 valence electrons. The third-order valence-corrected chi connectivity index (χ3v) is 9.01. The number of phenols is 4. The second-order valence-electron chi connectivity index (χ2n) is 11.7. The van der Waals surface area contributed by atoms with E-state index in [1.807, 2.05) is 24.3 Å². The van der Waals surface area contributed by atoms with E-state index >= 15 is 0 Å². The first-order valence-electron chi connectivity index (χ1n) is 14.0. The summed E-state index contributed by atoms with van der Waals surface area (Å²) >= 11 is 0. The van der Waals surface area contributed by atoms with Crippen molar-refractivity contribution in [2.24, 2.45) is 5.92 Å². The second kappa shape index (κ2) is 8.49. The molecule has 7 nitrogen and oxygen atoms in total. The number of aromatic hydroxyl groups is 4. The molecule has 4 atom stereocenters. The van der Waals surface area contributed by atoms with Crippen molar-refractivity contribution in [3.05, 3.63) is 107 Å². The van der Waals surface area contributed by atoms with Crippen molar-refractivity contribution in [2.75, 3.05) is 0 Å². The van der Waals surface area contributed by atoms with E-state index in [1.54, 1.807) is 30.3 Å². The van der Waals surface area contributed by atoms with Crippen molar-refractivity contribution in [3.8, 4) is 45.8 Å². The number of rotatable bonds is 2. The lowest BCUT2D eigenvalue weighted by atomic mass is 9.60. The van der Waals surface area contributed by atoms with Crippen LogP contribution in [0.2, 0.25) is 0 Å². The lowest BCUT2D eigenvalue weighted by molar-refractivity contribution is -0.198. The molecule has 0 saturated heterocycles. The molecule has 8 rings (SSSR count). The third kappa shape index (κ3) is 3.46. The number of fused-ring (bicyclic) bond motifs is 5. The summed E-state index contributed by atoms with van der Waals surface area (Å²) in [4.78, 5) is 0. The molecule has 0 saturated carbocycles. The molecule has 3 aliphatic rings. The predicted octanol–water partition coefficient (Wildman–Crippen LogP) is 7.70. The van der Waals surface area contributed by atoms with Crippen molar-refractivity contribution in [1.82, 2.24) is 0 Å². The van der Waals surface area contributed by atoms with Crippen molar-refractivity contribution in [3.63, 3.8) is 0 Å². The molecule has 4 N–H and O–H groups in total. The van der Waals surface area contributed by atoms with Crippen LogP contribution in [0.4, 0.5) is 0 Å². The Hall–Kier alpha value is -5.04. The number of aryl methyl sites for hydroxylation is 1. The summed E-state index contributed by atoms with van der Waals surface area (Å²) in [5.41, 5.74) is 6.06. The van der Waals surface area contributed by atoms with Crippen molar-refractivity contribution in [1.29, 1.82) is 0 Å². The maximum Gasteiger partial charge on any atom is 0.285 e. The topological polar surface area (TPSA) is 113 Å². The van der Waals surface area contributed by atoms with Gasteiger partial charge in [0.05, 0.1) is 11.5 Å². The van der Waals surface area contributed by atoms with Crippen LogP contribution in [0.25, 0.3) is 22.3 Å². The Morgan fingerprint density at radius 2 is 1.50 bits per heavy atom. The fourth-order valence-corrected chi connectivity index (χ4v) is 7.36. The summed E-state index contributed by atoms with van der Waals surface area (Å²) in [6, 6.07) is 20.6. The van der Waals surface area contributed by atoms with Crippen LogP contribution in [0, 0.1) is 12.8 Å². The van der Waals surface area contributed by atoms with Gasteiger partial charge >= 0.3 is 0 Å². The summed E-state index contributed by atoms with van der Waals surface area (Å²) in [7, 11) is 0. The highest BCUT2D eigenvalue weighted by molar-refractivity contribution is 5.84. The zero-order valence-electron chi connectivity index (χ0n) is 23.0. The fourth-order valence-electron chi connectivity index (χ4n) is 7.36. The van der Waals surface area contributed by atoms with E-state index < -0.39 is 5.79 Å². The summed E-state index contributed by atoms with van der Waals surface area (Å²) in [5.74, 6) is -0.134. The number of phenolic OH excluding ortho intramolecular Hbond substituents is 4. The van der Waals surface area contributed by atoms with Gasteiger partial charge in [0.1, 0.15) is 45.8 Å². The van der Waals surface area contributed by atoms with Gasteiger partial charge in [-0.15, -0.1) is 0 Å². The lowest BCUT2D eigenvalue weighted by Crippen LogP contribution is -2.56. The molecule has 1 aromatic heterocycles. The highest BCUT2D eigenvalue weighted by Gasteiger charge is 2.61. The molecule has 0 amide bonds. The van der Waals surface area contributed by atoms with Crippen LogP contribution in [-0.2, 0) is 5.79 Å². The summed E-state index contributed by atoms with van der Waals surface area (Å²) in [6.45, 7) is 4.20. The van der Waals surface area contributed by atoms with Gasteiger partial charge in [0.2, 0.25) is 0 Å². The van der Waals surface area contributed by atoms with Gasteiger partial charge in [0.15, 0.2) is 0 Å². The number of allylic oxidation sites excluding steroid dienone is 2. The minimum atomic E-state index is -1.46. The van der Waals surface area contributed by atoms with Crippen LogP contribution in [0.15, 0.2) is 88.9 Å². The first kappa shape index (κ1) is 24.7. The second-order valence-corrected chi connectivity index (χ2v) is 11.7. The molecule has 0 bridgehead atoms. The maximum absolute atomic E-state index is 11.2. The number of furan rings is 1. The van der Waals surface area contributed by atoms with Crippen LogP contribution < -0.4 is 9.47 Å². The Balaban J connectivity index is 1.38. The van der Waals surface area contributed by atoms with Gasteiger partial charge in [0, 0.05) is 46.5 Å². The first-order chi connectivity index (χ1) is 20.2. The molecule has 42 heavy (non-hydrogen) atoms. The molecule has 0 radical (unpaired) electrons. The summed E-state index contributed by atoms with van der Waals surface area (Å²) < 4.78 is 19.9. The van der Waals surface area contributed by atoms with E-state index in [9.17, 15) is 20.4 Å². The zero-order chi connectivity index (χ0) is 28.9. The lowest BCUT2D eigenvalue weighted by Gasteiger charge is -2.55. The van der Waals surface area contributed by atoms with Gasteiger partial charge in [0.25, 0.3) is 5.79 Å². The maximum atomic E-state index is 11.2. The Bertz CT molecular complexity index is 1970. The van der Waals surface area contributed by atoms with Crippen LogP contribution in [0.5, 0.6) is 34.5 Å². The quantitative estimate of drug-likeness (QED) is 0.164. The first-order valence-corrected chi connectivity index (χ1v) is 14.0. The Morgan fingerprint density at radius 1 is 0.762 bits per heavy atom. The average Bonchev–Trinajstić information content (AvgIpc) is 3.35. The molecule has 2 aliphatic heterocycles. The summed E-state index contributed by atoms with van der Waals surface area (Å²) in [5, 5.41) is 42.6. The van der Waals surface area contributed by atoms with E-state index in [0.717, 1.165) is 34.1 Å². The van der Waals surface area contributed by atoms with Gasteiger partial charge in [-0.3, -0.25) is 0 Å². The van der Waals surface area contributed by atoms with Crippen molar-refractivity contribution >= 4 is 11.0 Å². The van der Waals surface area contributed by atoms with Gasteiger partial charge in [-0.2, -0.15) is 0 Å². The standard InChI is InChI=1S/C35H28O7/c1-17-9-25-24-7-5-23(38)16-31(24)41-35(27-8-6-21(36)14-28(27)39)34(25)26(10-17)33-18(2)11-20(13-32(33)42-35)29-12-19-3-4-22(37)15-30(19)40-29/h3-8,10-16,25-26,34,36-39H,9H2,1-2H3/t25-,26?,34?,35+/m0/s1. The van der Waals surface area contributed by atoms with Crippen LogP contribution in [0.3, 0.4) is 0 Å². The third-order valence-electron chi connectivity index (χ3n) is 9.01. The Morgan fingerprint density at radius 3 is 2.33 bits per heavy atom. The average molecular weight is 561 g/mol. The van der Waals surface area contributed by atoms with Crippen molar-refractivity contribution < 1.29 is 34.3 Å². The number of hydrogen-bond donors (Lipinski definition) is 4. The number of benzene rings is 4. The molecular formula is C35H28O7. The SMILES string of the molecule is CC1=CC2c3c(C)cc(-c4cc5ccc(O)cc5o4)cc3O[C@@]3(c4ccc(O)cc4O)Oc4cc(O)ccc4[C@H](C1)C23. The smallest absolute Gasteiger partial charge is 0.285 e. The van der Waals surface area contributed by atoms with Crippen LogP contribution in [0.1, 0.15) is 47.4 Å². The largest absolute Gasteiger partial charge is 0.508 e. The van der Waals surface area contributed by atoms with E-state index in [0.29, 0.717) is 28.4 Å². The van der Waals surface area contributed by atoms with Crippen molar-refractivity contribution in [2.45, 2.75) is 37.9 Å². The Labute approximate surface area is 241 Å². The molecule has 3 heterocycles. The molecule has 4 aromatic carbocycles. The number of ether oxygens (including phenoxy) is 2. The molecule has 0 spiro atoms. The van der Waals surface area contributed by atoms with E-state index in [-0.39, 0.29) is 40.8 Å². The minimum Gasteiger partial charge on any atom is -0.508 e. The van der Waals surface area contributed by atoms with Gasteiger partial charge in [-0.05, 0) is 79.9 Å². The molecule has 1 aliphatic carbocycles.